The van der Waals surface area contributed by atoms with E-state index in [1.54, 1.807) is 12.1 Å². The Balaban J connectivity index is 1.41. The average molecular weight is 667 g/mol. The van der Waals surface area contributed by atoms with E-state index in [0.29, 0.717) is 14.5 Å². The fourth-order valence-electron chi connectivity index (χ4n) is 3.82. The zero-order chi connectivity index (χ0) is 28.5. The van der Waals surface area contributed by atoms with Crippen LogP contribution in [0.2, 0.25) is 0 Å². The highest BCUT2D eigenvalue weighted by Gasteiger charge is 2.23. The number of benzene rings is 4. The number of nitrogens with one attached hydrogen (secondary N) is 2. The first-order valence-corrected chi connectivity index (χ1v) is 13.6. The van der Waals surface area contributed by atoms with Crippen molar-refractivity contribution >= 4 is 55.9 Å². The maximum absolute atomic E-state index is 13.5. The summed E-state index contributed by atoms with van der Waals surface area (Å²) in [7, 11) is 0. The van der Waals surface area contributed by atoms with Gasteiger partial charge in [0.2, 0.25) is 5.91 Å². The predicted octanol–water partition coefficient (Wildman–Crippen LogP) is 5.97. The molecule has 0 heterocycles. The van der Waals surface area contributed by atoms with E-state index < -0.39 is 23.6 Å². The Hall–Kier alpha value is -4.15. The summed E-state index contributed by atoms with van der Waals surface area (Å²) >= 11 is 6.71. The quantitative estimate of drug-likeness (QED) is 0.0996. The molecule has 4 aromatic carbocycles. The first kappa shape index (κ1) is 28.8. The van der Waals surface area contributed by atoms with Gasteiger partial charge in [-0.2, -0.15) is 5.10 Å². The molecule has 0 aliphatic heterocycles. The second kappa shape index (κ2) is 13.8. The van der Waals surface area contributed by atoms with Crippen molar-refractivity contribution in [3.05, 3.63) is 134 Å². The number of hydrogen-bond acceptors (Lipinski definition) is 5. The monoisotopic (exact) mass is 665 g/mol. The first-order chi connectivity index (χ1) is 19.3. The van der Waals surface area contributed by atoms with Crippen LogP contribution in [0.5, 0.6) is 5.75 Å². The molecule has 0 saturated carbocycles. The number of halogens is 3. The highest BCUT2D eigenvalue weighted by molar-refractivity contribution is 9.11. The molecular weight excluding hydrogens is 645 g/mol. The van der Waals surface area contributed by atoms with E-state index in [4.69, 9.17) is 4.74 Å². The topological polar surface area (TPSA) is 96.9 Å². The van der Waals surface area contributed by atoms with Gasteiger partial charge in [0.05, 0.1) is 28.7 Å². The van der Waals surface area contributed by atoms with E-state index >= 15 is 0 Å². The lowest BCUT2D eigenvalue weighted by molar-refractivity contribution is -0.126. The number of amides is 2. The van der Waals surface area contributed by atoms with Crippen LogP contribution < -0.4 is 15.5 Å². The molecule has 0 aliphatic rings. The number of carbonyl (C=O) groups excluding carboxylic acids is 3. The van der Waals surface area contributed by atoms with Crippen molar-refractivity contribution in [3.8, 4) is 5.75 Å². The molecule has 0 atom stereocenters. The SMILES string of the molecule is O=C(CNC(=O)C(c1ccccc1)c1ccccc1)NN=Cc1cc(Br)cc(Br)c1OC(=O)c1cccc(F)c1. The lowest BCUT2D eigenvalue weighted by Gasteiger charge is -2.17. The Bertz CT molecular complexity index is 1510. The molecule has 0 spiro atoms. The lowest BCUT2D eigenvalue weighted by atomic mass is 9.90. The Kier molecular flexibility index (Phi) is 9.93. The van der Waals surface area contributed by atoms with Crippen LogP contribution in [-0.4, -0.2) is 30.5 Å². The van der Waals surface area contributed by atoms with Crippen molar-refractivity contribution in [2.45, 2.75) is 5.92 Å². The van der Waals surface area contributed by atoms with E-state index in [0.717, 1.165) is 17.2 Å². The molecule has 2 N–H and O–H groups in total. The molecule has 202 valence electrons. The van der Waals surface area contributed by atoms with Crippen molar-refractivity contribution in [2.75, 3.05) is 6.54 Å². The average Bonchev–Trinajstić information content (AvgIpc) is 2.95. The third-order valence-corrected chi connectivity index (χ3v) is 6.68. The summed E-state index contributed by atoms with van der Waals surface area (Å²) in [6.07, 6.45) is 1.29. The Labute approximate surface area is 246 Å². The zero-order valence-corrected chi connectivity index (χ0v) is 24.0. The van der Waals surface area contributed by atoms with Gasteiger partial charge in [0.25, 0.3) is 5.91 Å². The fraction of sp³-hybridized carbons (Fsp3) is 0.0667. The molecule has 0 radical (unpaired) electrons. The van der Waals surface area contributed by atoms with Gasteiger partial charge in [0.1, 0.15) is 5.82 Å². The Morgan fingerprint density at radius 3 is 2.15 bits per heavy atom. The van der Waals surface area contributed by atoms with Gasteiger partial charge in [-0.1, -0.05) is 82.7 Å². The van der Waals surface area contributed by atoms with Gasteiger partial charge < -0.3 is 10.1 Å². The third kappa shape index (κ3) is 7.71. The number of carbonyl (C=O) groups is 3. The Morgan fingerprint density at radius 2 is 1.52 bits per heavy atom. The van der Waals surface area contributed by atoms with Crippen LogP contribution in [0, 0.1) is 5.82 Å². The van der Waals surface area contributed by atoms with Crippen LogP contribution in [-0.2, 0) is 9.59 Å². The van der Waals surface area contributed by atoms with E-state index in [-0.39, 0.29) is 23.8 Å². The summed E-state index contributed by atoms with van der Waals surface area (Å²) in [6, 6.07) is 27.0. The van der Waals surface area contributed by atoms with Gasteiger partial charge in [0, 0.05) is 10.0 Å². The van der Waals surface area contributed by atoms with Crippen molar-refractivity contribution in [1.29, 1.82) is 0 Å². The Morgan fingerprint density at radius 1 is 0.875 bits per heavy atom. The van der Waals surface area contributed by atoms with Crippen molar-refractivity contribution in [1.82, 2.24) is 10.7 Å². The number of rotatable bonds is 9. The van der Waals surface area contributed by atoms with E-state index in [2.05, 4.69) is 47.7 Å². The van der Waals surface area contributed by atoms with Crippen LogP contribution >= 0.6 is 31.9 Å². The van der Waals surface area contributed by atoms with E-state index in [9.17, 15) is 18.8 Å². The molecule has 0 fully saturated rings. The van der Waals surface area contributed by atoms with Crippen LogP contribution in [0.1, 0.15) is 33.0 Å². The minimum atomic E-state index is -0.768. The third-order valence-electron chi connectivity index (χ3n) is 5.64. The highest BCUT2D eigenvalue weighted by atomic mass is 79.9. The summed E-state index contributed by atoms with van der Waals surface area (Å²) in [5.41, 5.74) is 4.34. The summed E-state index contributed by atoms with van der Waals surface area (Å²) in [5.74, 6) is -2.70. The van der Waals surface area contributed by atoms with E-state index in [1.165, 1.54) is 24.4 Å². The van der Waals surface area contributed by atoms with Crippen molar-refractivity contribution < 1.29 is 23.5 Å². The van der Waals surface area contributed by atoms with Crippen molar-refractivity contribution in [3.63, 3.8) is 0 Å². The molecule has 0 bridgehead atoms. The summed E-state index contributed by atoms with van der Waals surface area (Å²) in [6.45, 7) is -0.310. The van der Waals surface area contributed by atoms with Gasteiger partial charge in [-0.3, -0.25) is 9.59 Å². The molecule has 2 amide bonds. The molecule has 0 saturated heterocycles. The minimum absolute atomic E-state index is 0.0334. The van der Waals surface area contributed by atoms with Crippen LogP contribution in [0.3, 0.4) is 0 Å². The fourth-order valence-corrected chi connectivity index (χ4v) is 5.16. The van der Waals surface area contributed by atoms with Crippen LogP contribution in [0.4, 0.5) is 4.39 Å². The minimum Gasteiger partial charge on any atom is -0.421 e. The predicted molar refractivity (Wildman–Crippen MR) is 157 cm³/mol. The van der Waals surface area contributed by atoms with Gasteiger partial charge in [-0.05, 0) is 57.4 Å². The molecule has 4 aromatic rings. The van der Waals surface area contributed by atoms with Crippen LogP contribution in [0.15, 0.2) is 111 Å². The number of esters is 1. The molecule has 0 aliphatic carbocycles. The largest absolute Gasteiger partial charge is 0.421 e. The summed E-state index contributed by atoms with van der Waals surface area (Å²) in [5, 5.41) is 6.62. The molecular formula is C30H22Br2FN3O4. The molecule has 0 aromatic heterocycles. The second-order valence-electron chi connectivity index (χ2n) is 8.47. The molecule has 7 nitrogen and oxygen atoms in total. The normalized spacial score (nSPS) is 10.9. The number of hydrogen-bond donors (Lipinski definition) is 2. The smallest absolute Gasteiger partial charge is 0.343 e. The first-order valence-electron chi connectivity index (χ1n) is 12.0. The van der Waals surface area contributed by atoms with Gasteiger partial charge in [0.15, 0.2) is 5.75 Å². The number of hydrazone groups is 1. The maximum Gasteiger partial charge on any atom is 0.343 e. The van der Waals surface area contributed by atoms with E-state index in [1.807, 2.05) is 60.7 Å². The lowest BCUT2D eigenvalue weighted by Crippen LogP contribution is -2.37. The van der Waals surface area contributed by atoms with Gasteiger partial charge >= 0.3 is 5.97 Å². The number of nitrogens with zero attached hydrogens (tertiary/aromatic N) is 1. The summed E-state index contributed by atoms with van der Waals surface area (Å²) in [4.78, 5) is 38.1. The van der Waals surface area contributed by atoms with Crippen LogP contribution in [0.25, 0.3) is 0 Å². The summed E-state index contributed by atoms with van der Waals surface area (Å²) < 4.78 is 20.1. The standard InChI is InChI=1S/C30H22Br2FN3O4/c31-23-14-22(28(25(32)16-23)40-30(39)21-12-7-13-24(33)15-21)17-35-36-26(37)18-34-29(38)27(19-8-3-1-4-9-19)20-10-5-2-6-11-20/h1-17,27H,18H2,(H,34,38)(H,36,37). The highest BCUT2D eigenvalue weighted by Crippen LogP contribution is 2.33. The maximum atomic E-state index is 13.5. The zero-order valence-electron chi connectivity index (χ0n) is 20.8. The molecule has 10 heteroatoms. The van der Waals surface area contributed by atoms with Gasteiger partial charge in [-0.25, -0.2) is 14.6 Å². The number of ether oxygens (including phenoxy) is 1. The molecule has 4 rings (SSSR count). The van der Waals surface area contributed by atoms with Gasteiger partial charge in [-0.15, -0.1) is 0 Å². The van der Waals surface area contributed by atoms with Crippen molar-refractivity contribution in [2.24, 2.45) is 5.10 Å². The second-order valence-corrected chi connectivity index (χ2v) is 10.2. The molecule has 0 unspecified atom stereocenters. The molecule has 40 heavy (non-hydrogen) atoms.